The molecule has 0 aliphatic rings. The SMILES string of the molecule is CCCCCCCCCCCCCCNC(CC)NC(C)(C)c1ccccc1. The zero-order chi connectivity index (χ0) is 20.5. The van der Waals surface area contributed by atoms with Crippen molar-refractivity contribution in [3.63, 3.8) is 0 Å². The zero-order valence-electron chi connectivity index (χ0n) is 19.4. The average Bonchev–Trinajstić information content (AvgIpc) is 2.71. The smallest absolute Gasteiger partial charge is 0.0575 e. The lowest BCUT2D eigenvalue weighted by Gasteiger charge is -2.32. The van der Waals surface area contributed by atoms with Gasteiger partial charge in [-0.05, 0) is 38.8 Å². The lowest BCUT2D eigenvalue weighted by Crippen LogP contribution is -2.50. The lowest BCUT2D eigenvalue weighted by atomic mass is 9.94. The minimum absolute atomic E-state index is 0.00846. The Kier molecular flexibility index (Phi) is 14.4. The summed E-state index contributed by atoms with van der Waals surface area (Å²) in [5, 5.41) is 7.51. The van der Waals surface area contributed by atoms with Gasteiger partial charge in [-0.3, -0.25) is 5.32 Å². The Labute approximate surface area is 176 Å². The van der Waals surface area contributed by atoms with Crippen molar-refractivity contribution in [2.45, 2.75) is 123 Å². The quantitative estimate of drug-likeness (QED) is 0.200. The van der Waals surface area contributed by atoms with Crippen LogP contribution < -0.4 is 10.6 Å². The molecule has 0 aromatic heterocycles. The van der Waals surface area contributed by atoms with Crippen LogP contribution >= 0.6 is 0 Å². The first-order chi connectivity index (χ1) is 13.6. The van der Waals surface area contributed by atoms with Gasteiger partial charge in [0.25, 0.3) is 0 Å². The standard InChI is InChI=1S/C26H48N2/c1-5-7-8-9-10-11-12-13-14-15-16-20-23-27-25(6-2)28-26(3,4)24-21-18-17-19-22-24/h17-19,21-22,25,27-28H,5-16,20,23H2,1-4H3. The second kappa shape index (κ2) is 16.0. The van der Waals surface area contributed by atoms with Crippen LogP contribution in [0.15, 0.2) is 30.3 Å². The topological polar surface area (TPSA) is 24.1 Å². The van der Waals surface area contributed by atoms with E-state index in [0.29, 0.717) is 6.17 Å². The van der Waals surface area contributed by atoms with Crippen molar-refractivity contribution in [2.75, 3.05) is 6.54 Å². The molecule has 2 nitrogen and oxygen atoms in total. The molecule has 1 atom stereocenters. The van der Waals surface area contributed by atoms with Crippen LogP contribution in [0.4, 0.5) is 0 Å². The molecule has 0 aliphatic carbocycles. The molecule has 0 saturated carbocycles. The summed E-state index contributed by atoms with van der Waals surface area (Å²) >= 11 is 0. The third-order valence-corrected chi connectivity index (χ3v) is 5.86. The Morgan fingerprint density at radius 1 is 0.714 bits per heavy atom. The van der Waals surface area contributed by atoms with Crippen LogP contribution in [0.5, 0.6) is 0 Å². The summed E-state index contributed by atoms with van der Waals surface area (Å²) in [5.74, 6) is 0. The summed E-state index contributed by atoms with van der Waals surface area (Å²) in [6.45, 7) is 10.2. The molecule has 0 saturated heterocycles. The number of hydrogen-bond acceptors (Lipinski definition) is 2. The maximum atomic E-state index is 3.79. The van der Waals surface area contributed by atoms with E-state index in [0.717, 1.165) is 13.0 Å². The Hall–Kier alpha value is -0.860. The van der Waals surface area contributed by atoms with Crippen LogP contribution in [0.25, 0.3) is 0 Å². The molecule has 28 heavy (non-hydrogen) atoms. The fourth-order valence-corrected chi connectivity index (χ4v) is 3.91. The second-order valence-electron chi connectivity index (χ2n) is 8.94. The molecule has 1 aromatic rings. The molecule has 1 rings (SSSR count). The first-order valence-corrected chi connectivity index (χ1v) is 12.2. The molecule has 0 spiro atoms. The van der Waals surface area contributed by atoms with E-state index in [-0.39, 0.29) is 5.54 Å². The molecule has 0 heterocycles. The van der Waals surface area contributed by atoms with Crippen molar-refractivity contribution < 1.29 is 0 Å². The van der Waals surface area contributed by atoms with E-state index in [2.05, 4.69) is 68.7 Å². The van der Waals surface area contributed by atoms with Gasteiger partial charge in [-0.15, -0.1) is 0 Å². The average molecular weight is 389 g/mol. The van der Waals surface area contributed by atoms with Crippen LogP contribution in [0.3, 0.4) is 0 Å². The van der Waals surface area contributed by atoms with Crippen molar-refractivity contribution in [3.05, 3.63) is 35.9 Å². The van der Waals surface area contributed by atoms with Crippen LogP contribution in [0, 0.1) is 0 Å². The summed E-state index contributed by atoms with van der Waals surface area (Å²) in [5.41, 5.74) is 1.34. The van der Waals surface area contributed by atoms with Gasteiger partial charge in [-0.25, -0.2) is 0 Å². The minimum atomic E-state index is -0.00846. The summed E-state index contributed by atoms with van der Waals surface area (Å²) in [4.78, 5) is 0. The summed E-state index contributed by atoms with van der Waals surface area (Å²) in [7, 11) is 0. The summed E-state index contributed by atoms with van der Waals surface area (Å²) < 4.78 is 0. The summed E-state index contributed by atoms with van der Waals surface area (Å²) in [6.07, 6.45) is 18.4. The second-order valence-corrected chi connectivity index (χ2v) is 8.94. The van der Waals surface area contributed by atoms with E-state index < -0.39 is 0 Å². The maximum Gasteiger partial charge on any atom is 0.0575 e. The number of benzene rings is 1. The van der Waals surface area contributed by atoms with Crippen molar-refractivity contribution in [1.82, 2.24) is 10.6 Å². The number of rotatable bonds is 18. The van der Waals surface area contributed by atoms with Crippen LogP contribution in [-0.4, -0.2) is 12.7 Å². The van der Waals surface area contributed by atoms with Crippen molar-refractivity contribution in [2.24, 2.45) is 0 Å². The lowest BCUT2D eigenvalue weighted by molar-refractivity contribution is 0.294. The highest BCUT2D eigenvalue weighted by atomic mass is 15.2. The third kappa shape index (κ3) is 11.9. The molecular formula is C26H48N2. The highest BCUT2D eigenvalue weighted by molar-refractivity contribution is 5.22. The Morgan fingerprint density at radius 2 is 1.21 bits per heavy atom. The molecule has 0 aliphatic heterocycles. The monoisotopic (exact) mass is 388 g/mol. The molecule has 0 bridgehead atoms. The molecule has 162 valence electrons. The van der Waals surface area contributed by atoms with Gasteiger partial charge in [0.15, 0.2) is 0 Å². The molecule has 0 radical (unpaired) electrons. The van der Waals surface area contributed by atoms with Gasteiger partial charge in [-0.1, -0.05) is 115 Å². The van der Waals surface area contributed by atoms with Gasteiger partial charge in [0.2, 0.25) is 0 Å². The number of unbranched alkanes of at least 4 members (excludes halogenated alkanes) is 11. The van der Waals surface area contributed by atoms with Crippen LogP contribution in [0.1, 0.15) is 117 Å². The Balaban J connectivity index is 2.02. The van der Waals surface area contributed by atoms with Gasteiger partial charge in [0.1, 0.15) is 0 Å². The highest BCUT2D eigenvalue weighted by Gasteiger charge is 2.22. The van der Waals surface area contributed by atoms with Crippen molar-refractivity contribution >= 4 is 0 Å². The van der Waals surface area contributed by atoms with Gasteiger partial charge in [-0.2, -0.15) is 0 Å². The van der Waals surface area contributed by atoms with Gasteiger partial charge < -0.3 is 5.32 Å². The molecule has 1 aromatic carbocycles. The molecule has 2 N–H and O–H groups in total. The normalized spacial score (nSPS) is 13.0. The predicted octanol–water partition coefficient (Wildman–Crippen LogP) is 7.54. The zero-order valence-corrected chi connectivity index (χ0v) is 19.4. The highest BCUT2D eigenvalue weighted by Crippen LogP contribution is 2.20. The van der Waals surface area contributed by atoms with E-state index >= 15 is 0 Å². The van der Waals surface area contributed by atoms with E-state index in [4.69, 9.17) is 0 Å². The van der Waals surface area contributed by atoms with Gasteiger partial charge in [0, 0.05) is 5.54 Å². The van der Waals surface area contributed by atoms with E-state index in [9.17, 15) is 0 Å². The fraction of sp³-hybridized carbons (Fsp3) is 0.769. The van der Waals surface area contributed by atoms with Crippen LogP contribution in [0.2, 0.25) is 0 Å². The predicted molar refractivity (Wildman–Crippen MR) is 126 cm³/mol. The largest absolute Gasteiger partial charge is 0.302 e. The molecular weight excluding hydrogens is 340 g/mol. The van der Waals surface area contributed by atoms with E-state index in [1.54, 1.807) is 0 Å². The van der Waals surface area contributed by atoms with E-state index in [1.165, 1.54) is 82.6 Å². The third-order valence-electron chi connectivity index (χ3n) is 5.86. The van der Waals surface area contributed by atoms with E-state index in [1.807, 2.05) is 0 Å². The summed E-state index contributed by atoms with van der Waals surface area (Å²) in [6, 6.07) is 10.8. The first-order valence-electron chi connectivity index (χ1n) is 12.2. The number of nitrogens with one attached hydrogen (secondary N) is 2. The maximum absolute atomic E-state index is 3.79. The molecule has 0 amide bonds. The Bertz CT molecular complexity index is 455. The van der Waals surface area contributed by atoms with Gasteiger partial charge in [0.05, 0.1) is 6.17 Å². The Morgan fingerprint density at radius 3 is 1.71 bits per heavy atom. The first kappa shape index (κ1) is 25.2. The van der Waals surface area contributed by atoms with Crippen LogP contribution in [-0.2, 0) is 5.54 Å². The van der Waals surface area contributed by atoms with Gasteiger partial charge >= 0.3 is 0 Å². The fourth-order valence-electron chi connectivity index (χ4n) is 3.91. The molecule has 1 unspecified atom stereocenters. The minimum Gasteiger partial charge on any atom is -0.302 e. The van der Waals surface area contributed by atoms with Crippen molar-refractivity contribution in [3.8, 4) is 0 Å². The van der Waals surface area contributed by atoms with Crippen molar-refractivity contribution in [1.29, 1.82) is 0 Å². The molecule has 2 heteroatoms. The number of hydrogen-bond donors (Lipinski definition) is 2. The molecule has 0 fully saturated rings.